The van der Waals surface area contributed by atoms with E-state index in [1.54, 1.807) is 11.8 Å². The monoisotopic (exact) mass is 280 g/mol. The lowest BCUT2D eigenvalue weighted by Crippen LogP contribution is -2.43. The number of nitrogens with one attached hydrogen (secondary N) is 2. The molecule has 2 heterocycles. The zero-order chi connectivity index (χ0) is 14.9. The first kappa shape index (κ1) is 14.5. The summed E-state index contributed by atoms with van der Waals surface area (Å²) in [6.45, 7) is 6.26. The van der Waals surface area contributed by atoms with E-state index in [1.807, 2.05) is 13.8 Å². The van der Waals surface area contributed by atoms with Gasteiger partial charge in [-0.3, -0.25) is 19.6 Å². The highest BCUT2D eigenvalue weighted by atomic mass is 16.4. The van der Waals surface area contributed by atoms with E-state index in [9.17, 15) is 14.7 Å². The van der Waals surface area contributed by atoms with Gasteiger partial charge >= 0.3 is 5.97 Å². The standard InChI is InChI=1S/C13H20N4O3/c1-7-4-5-17(12(7)13(19)20)6-10(18)14-11-8(2)15-16-9(11)3/h7,12H,4-6H2,1-3H3,(H,14,18)(H,15,16)(H,19,20). The van der Waals surface area contributed by atoms with E-state index in [1.165, 1.54) is 0 Å². The second-order valence-electron chi connectivity index (χ2n) is 5.38. The minimum Gasteiger partial charge on any atom is -0.480 e. The maximum absolute atomic E-state index is 12.1. The molecule has 0 spiro atoms. The van der Waals surface area contributed by atoms with Crippen molar-refractivity contribution < 1.29 is 14.7 Å². The van der Waals surface area contributed by atoms with Gasteiger partial charge in [-0.15, -0.1) is 0 Å². The van der Waals surface area contributed by atoms with Crippen molar-refractivity contribution in [3.05, 3.63) is 11.4 Å². The molecule has 1 saturated heterocycles. The zero-order valence-corrected chi connectivity index (χ0v) is 11.9. The summed E-state index contributed by atoms with van der Waals surface area (Å²) in [7, 11) is 0. The molecule has 2 atom stereocenters. The maximum atomic E-state index is 12.1. The molecule has 110 valence electrons. The van der Waals surface area contributed by atoms with Crippen molar-refractivity contribution >= 4 is 17.6 Å². The molecule has 0 aromatic carbocycles. The number of H-pyrrole nitrogens is 1. The van der Waals surface area contributed by atoms with Gasteiger partial charge in [-0.25, -0.2) is 0 Å². The number of aliphatic carboxylic acids is 1. The summed E-state index contributed by atoms with van der Waals surface area (Å²) in [6, 6.07) is -0.577. The number of carboxylic acids is 1. The van der Waals surface area contributed by atoms with E-state index in [2.05, 4.69) is 15.5 Å². The van der Waals surface area contributed by atoms with Gasteiger partial charge in [0.1, 0.15) is 6.04 Å². The molecule has 7 nitrogen and oxygen atoms in total. The van der Waals surface area contributed by atoms with Crippen LogP contribution in [0.2, 0.25) is 0 Å². The molecule has 0 saturated carbocycles. The quantitative estimate of drug-likeness (QED) is 0.756. The molecule has 3 N–H and O–H groups in total. The first-order chi connectivity index (χ1) is 9.40. The smallest absolute Gasteiger partial charge is 0.321 e. The third-order valence-corrected chi connectivity index (χ3v) is 3.80. The minimum atomic E-state index is -0.863. The molecule has 1 aromatic heterocycles. The number of aryl methyl sites for hydroxylation is 2. The SMILES string of the molecule is Cc1n[nH]c(C)c1NC(=O)CN1CCC(C)C1C(=O)O. The van der Waals surface area contributed by atoms with E-state index < -0.39 is 12.0 Å². The van der Waals surface area contributed by atoms with Gasteiger partial charge in [0.05, 0.1) is 23.6 Å². The number of aromatic amines is 1. The normalized spacial score (nSPS) is 22.9. The summed E-state index contributed by atoms with van der Waals surface area (Å²) in [5.74, 6) is -1.01. The summed E-state index contributed by atoms with van der Waals surface area (Å²) in [5, 5.41) is 18.8. The molecular weight excluding hydrogens is 260 g/mol. The average Bonchev–Trinajstić information content (AvgIpc) is 2.87. The second kappa shape index (κ2) is 5.62. The first-order valence-electron chi connectivity index (χ1n) is 6.68. The van der Waals surface area contributed by atoms with Crippen molar-refractivity contribution in [2.24, 2.45) is 5.92 Å². The molecule has 7 heteroatoms. The van der Waals surface area contributed by atoms with Gasteiger partial charge in [0.25, 0.3) is 0 Å². The number of rotatable bonds is 4. The van der Waals surface area contributed by atoms with Crippen molar-refractivity contribution in [1.29, 1.82) is 0 Å². The Morgan fingerprint density at radius 2 is 2.20 bits per heavy atom. The third-order valence-electron chi connectivity index (χ3n) is 3.80. The second-order valence-corrected chi connectivity index (χ2v) is 5.38. The Morgan fingerprint density at radius 3 is 2.75 bits per heavy atom. The van der Waals surface area contributed by atoms with Gasteiger partial charge in [0, 0.05) is 0 Å². The van der Waals surface area contributed by atoms with Crippen LogP contribution in [0.1, 0.15) is 24.7 Å². The van der Waals surface area contributed by atoms with Crippen LogP contribution in [-0.2, 0) is 9.59 Å². The van der Waals surface area contributed by atoms with Crippen molar-refractivity contribution in [3.8, 4) is 0 Å². The van der Waals surface area contributed by atoms with E-state index in [-0.39, 0.29) is 18.4 Å². The van der Waals surface area contributed by atoms with Gasteiger partial charge in [-0.2, -0.15) is 5.10 Å². The molecule has 1 amide bonds. The van der Waals surface area contributed by atoms with E-state index in [0.717, 1.165) is 17.8 Å². The molecular formula is C13H20N4O3. The molecule has 1 aliphatic rings. The number of hydrogen-bond acceptors (Lipinski definition) is 4. The summed E-state index contributed by atoms with van der Waals surface area (Å²) in [4.78, 5) is 25.0. The number of aromatic nitrogens is 2. The topological polar surface area (TPSA) is 98.3 Å². The predicted molar refractivity (Wildman–Crippen MR) is 73.5 cm³/mol. The fraction of sp³-hybridized carbons (Fsp3) is 0.615. The number of carbonyl (C=O) groups excluding carboxylic acids is 1. The third kappa shape index (κ3) is 2.82. The Hall–Kier alpha value is -1.89. The number of amides is 1. The lowest BCUT2D eigenvalue weighted by atomic mass is 10.0. The Labute approximate surface area is 117 Å². The first-order valence-corrected chi connectivity index (χ1v) is 6.68. The lowest BCUT2D eigenvalue weighted by Gasteiger charge is -2.22. The number of carbonyl (C=O) groups is 2. The Balaban J connectivity index is 2.00. The van der Waals surface area contributed by atoms with Crippen LogP contribution >= 0.6 is 0 Å². The summed E-state index contributed by atoms with van der Waals surface area (Å²) >= 11 is 0. The Morgan fingerprint density at radius 1 is 1.50 bits per heavy atom. The largest absolute Gasteiger partial charge is 0.480 e. The molecule has 0 aliphatic carbocycles. The number of hydrogen-bond donors (Lipinski definition) is 3. The fourth-order valence-electron chi connectivity index (χ4n) is 2.70. The van der Waals surface area contributed by atoms with Gasteiger partial charge in [-0.1, -0.05) is 6.92 Å². The Bertz CT molecular complexity index is 506. The van der Waals surface area contributed by atoms with Gasteiger partial charge in [0.15, 0.2) is 0 Å². The zero-order valence-electron chi connectivity index (χ0n) is 11.9. The van der Waals surface area contributed by atoms with Crippen LogP contribution in [0.3, 0.4) is 0 Å². The van der Waals surface area contributed by atoms with Crippen molar-refractivity contribution in [2.75, 3.05) is 18.4 Å². The number of carboxylic acid groups (broad SMARTS) is 1. The van der Waals surface area contributed by atoms with Crippen LogP contribution in [0.25, 0.3) is 0 Å². The van der Waals surface area contributed by atoms with E-state index in [0.29, 0.717) is 12.2 Å². The summed E-state index contributed by atoms with van der Waals surface area (Å²) in [6.07, 6.45) is 0.800. The van der Waals surface area contributed by atoms with Crippen LogP contribution in [0.5, 0.6) is 0 Å². The van der Waals surface area contributed by atoms with Crippen LogP contribution in [0.4, 0.5) is 5.69 Å². The van der Waals surface area contributed by atoms with Crippen LogP contribution in [0, 0.1) is 19.8 Å². The highest BCUT2D eigenvalue weighted by molar-refractivity contribution is 5.93. The molecule has 1 aromatic rings. The van der Waals surface area contributed by atoms with Gasteiger partial charge in [-0.05, 0) is 32.7 Å². The number of nitrogens with zero attached hydrogens (tertiary/aromatic N) is 2. The molecule has 2 unspecified atom stereocenters. The van der Waals surface area contributed by atoms with Gasteiger partial charge in [0.2, 0.25) is 5.91 Å². The molecule has 2 rings (SSSR count). The maximum Gasteiger partial charge on any atom is 0.321 e. The molecule has 1 aliphatic heterocycles. The van der Waals surface area contributed by atoms with Crippen LogP contribution in [-0.4, -0.2) is 51.2 Å². The number of anilines is 1. The average molecular weight is 280 g/mol. The molecule has 20 heavy (non-hydrogen) atoms. The molecule has 0 radical (unpaired) electrons. The van der Waals surface area contributed by atoms with Crippen molar-refractivity contribution in [2.45, 2.75) is 33.2 Å². The molecule has 1 fully saturated rings. The molecule has 0 bridgehead atoms. The predicted octanol–water partition coefficient (Wildman–Crippen LogP) is 0.760. The fourth-order valence-corrected chi connectivity index (χ4v) is 2.70. The van der Waals surface area contributed by atoms with Crippen molar-refractivity contribution in [1.82, 2.24) is 15.1 Å². The van der Waals surface area contributed by atoms with E-state index in [4.69, 9.17) is 0 Å². The summed E-state index contributed by atoms with van der Waals surface area (Å²) < 4.78 is 0. The van der Waals surface area contributed by atoms with Crippen LogP contribution < -0.4 is 5.32 Å². The summed E-state index contributed by atoms with van der Waals surface area (Å²) in [5.41, 5.74) is 2.19. The Kier molecular flexibility index (Phi) is 4.08. The minimum absolute atomic E-state index is 0.0673. The highest BCUT2D eigenvalue weighted by Crippen LogP contribution is 2.24. The number of likely N-dealkylation sites (tertiary alicyclic amines) is 1. The van der Waals surface area contributed by atoms with Crippen LogP contribution in [0.15, 0.2) is 0 Å². The van der Waals surface area contributed by atoms with Gasteiger partial charge < -0.3 is 10.4 Å². The van der Waals surface area contributed by atoms with Crippen molar-refractivity contribution in [3.63, 3.8) is 0 Å². The highest BCUT2D eigenvalue weighted by Gasteiger charge is 2.37. The van der Waals surface area contributed by atoms with E-state index >= 15 is 0 Å². The lowest BCUT2D eigenvalue weighted by molar-refractivity contribution is -0.143.